The lowest BCUT2D eigenvalue weighted by Gasteiger charge is -2.30. The van der Waals surface area contributed by atoms with E-state index in [1.54, 1.807) is 0 Å². The van der Waals surface area contributed by atoms with Gasteiger partial charge >= 0.3 is 0 Å². The minimum atomic E-state index is 0.245. The summed E-state index contributed by atoms with van der Waals surface area (Å²) >= 11 is 0. The van der Waals surface area contributed by atoms with Crippen LogP contribution in [0.1, 0.15) is 44.5 Å². The molecule has 2 atom stereocenters. The van der Waals surface area contributed by atoms with Crippen LogP contribution in [0.25, 0.3) is 0 Å². The zero-order chi connectivity index (χ0) is 14.9. The monoisotopic (exact) mass is 278 g/mol. The van der Waals surface area contributed by atoms with E-state index in [-0.39, 0.29) is 6.10 Å². The Hall–Kier alpha value is -1.36. The molecule has 112 valence electrons. The molecule has 0 aromatic carbocycles. The molecule has 2 heterocycles. The van der Waals surface area contributed by atoms with Gasteiger partial charge in [-0.25, -0.2) is 9.97 Å². The standard InChI is InChI=1S/C15H26N4O/c1-9(2)13-17-14(16-5)10(3)15(18-13)19(6)12-7-8-20-11(12)4/h9,11-12H,7-8H2,1-6H3,(H,16,17,18). The molecule has 0 aliphatic carbocycles. The summed E-state index contributed by atoms with van der Waals surface area (Å²) in [7, 11) is 4.01. The Kier molecular flexibility index (Phi) is 4.48. The van der Waals surface area contributed by atoms with E-state index in [1.807, 2.05) is 7.05 Å². The van der Waals surface area contributed by atoms with Crippen LogP contribution >= 0.6 is 0 Å². The highest BCUT2D eigenvalue weighted by Gasteiger charge is 2.30. The molecule has 0 spiro atoms. The fourth-order valence-corrected chi connectivity index (χ4v) is 2.75. The first-order valence-corrected chi connectivity index (χ1v) is 7.36. The molecular formula is C15H26N4O. The number of likely N-dealkylation sites (N-methyl/N-ethyl adjacent to an activating group) is 1. The van der Waals surface area contributed by atoms with Gasteiger partial charge in [0.1, 0.15) is 17.5 Å². The number of hydrogen-bond acceptors (Lipinski definition) is 5. The molecule has 1 fully saturated rings. The van der Waals surface area contributed by atoms with Crippen LogP contribution in [0, 0.1) is 6.92 Å². The molecule has 1 aliphatic rings. The zero-order valence-corrected chi connectivity index (χ0v) is 13.4. The molecule has 1 aromatic heterocycles. The van der Waals surface area contributed by atoms with E-state index in [9.17, 15) is 0 Å². The lowest BCUT2D eigenvalue weighted by Crippen LogP contribution is -2.38. The molecule has 5 nitrogen and oxygen atoms in total. The van der Waals surface area contributed by atoms with Crippen molar-refractivity contribution in [3.8, 4) is 0 Å². The van der Waals surface area contributed by atoms with E-state index < -0.39 is 0 Å². The van der Waals surface area contributed by atoms with Crippen molar-refractivity contribution < 1.29 is 4.74 Å². The van der Waals surface area contributed by atoms with Crippen molar-refractivity contribution in [3.05, 3.63) is 11.4 Å². The van der Waals surface area contributed by atoms with Crippen molar-refractivity contribution in [2.75, 3.05) is 30.9 Å². The molecule has 2 rings (SSSR count). The fourth-order valence-electron chi connectivity index (χ4n) is 2.75. The predicted octanol–water partition coefficient (Wildman–Crippen LogP) is 2.56. The quantitative estimate of drug-likeness (QED) is 0.917. The van der Waals surface area contributed by atoms with Gasteiger partial charge in [0.2, 0.25) is 0 Å². The van der Waals surface area contributed by atoms with E-state index in [0.717, 1.165) is 36.1 Å². The van der Waals surface area contributed by atoms with Crippen LogP contribution in [0.4, 0.5) is 11.6 Å². The van der Waals surface area contributed by atoms with Crippen LogP contribution in [-0.2, 0) is 4.74 Å². The third kappa shape index (κ3) is 2.73. The lowest BCUT2D eigenvalue weighted by molar-refractivity contribution is 0.118. The number of anilines is 2. The van der Waals surface area contributed by atoms with Gasteiger partial charge in [0, 0.05) is 32.2 Å². The Labute approximate surface area is 121 Å². The van der Waals surface area contributed by atoms with E-state index in [1.165, 1.54) is 0 Å². The molecule has 1 aromatic rings. The second kappa shape index (κ2) is 5.95. The molecule has 0 saturated carbocycles. The molecule has 1 saturated heterocycles. The number of nitrogens with one attached hydrogen (secondary N) is 1. The van der Waals surface area contributed by atoms with Gasteiger partial charge in [-0.2, -0.15) is 0 Å². The largest absolute Gasteiger partial charge is 0.376 e. The number of hydrogen-bond donors (Lipinski definition) is 1. The van der Waals surface area contributed by atoms with Gasteiger partial charge in [-0.3, -0.25) is 0 Å². The summed E-state index contributed by atoms with van der Waals surface area (Å²) < 4.78 is 5.68. The van der Waals surface area contributed by atoms with E-state index in [2.05, 4.69) is 49.9 Å². The highest BCUT2D eigenvalue weighted by atomic mass is 16.5. The Morgan fingerprint density at radius 2 is 2.05 bits per heavy atom. The van der Waals surface area contributed by atoms with Crippen LogP contribution in [0.5, 0.6) is 0 Å². The highest BCUT2D eigenvalue weighted by molar-refractivity contribution is 5.59. The second-order valence-electron chi connectivity index (χ2n) is 5.83. The average molecular weight is 278 g/mol. The summed E-state index contributed by atoms with van der Waals surface area (Å²) in [5.41, 5.74) is 1.10. The lowest BCUT2D eigenvalue weighted by atomic mass is 10.1. The summed E-state index contributed by atoms with van der Waals surface area (Å²) in [6.07, 6.45) is 1.29. The maximum Gasteiger partial charge on any atom is 0.137 e. The van der Waals surface area contributed by atoms with Crippen LogP contribution < -0.4 is 10.2 Å². The highest BCUT2D eigenvalue weighted by Crippen LogP contribution is 2.29. The van der Waals surface area contributed by atoms with Crippen molar-refractivity contribution >= 4 is 11.6 Å². The third-order valence-corrected chi connectivity index (χ3v) is 4.06. The maximum absolute atomic E-state index is 5.68. The van der Waals surface area contributed by atoms with Gasteiger partial charge in [-0.15, -0.1) is 0 Å². The second-order valence-corrected chi connectivity index (χ2v) is 5.83. The Morgan fingerprint density at radius 1 is 1.35 bits per heavy atom. The minimum absolute atomic E-state index is 0.245. The Bertz CT molecular complexity index is 475. The molecule has 20 heavy (non-hydrogen) atoms. The fraction of sp³-hybridized carbons (Fsp3) is 0.733. The summed E-state index contributed by atoms with van der Waals surface area (Å²) in [5, 5.41) is 3.18. The molecule has 0 amide bonds. The normalized spacial score (nSPS) is 22.4. The van der Waals surface area contributed by atoms with Gasteiger partial charge < -0.3 is 15.0 Å². The van der Waals surface area contributed by atoms with Crippen molar-refractivity contribution in [1.82, 2.24) is 9.97 Å². The predicted molar refractivity (Wildman–Crippen MR) is 82.6 cm³/mol. The molecule has 1 aliphatic heterocycles. The first-order valence-electron chi connectivity index (χ1n) is 7.36. The van der Waals surface area contributed by atoms with E-state index in [0.29, 0.717) is 12.0 Å². The third-order valence-electron chi connectivity index (χ3n) is 4.06. The van der Waals surface area contributed by atoms with Gasteiger partial charge in [-0.05, 0) is 20.3 Å². The van der Waals surface area contributed by atoms with Crippen LogP contribution in [-0.4, -0.2) is 42.8 Å². The molecule has 0 radical (unpaired) electrons. The van der Waals surface area contributed by atoms with Gasteiger partial charge in [0.25, 0.3) is 0 Å². The van der Waals surface area contributed by atoms with Gasteiger partial charge in [-0.1, -0.05) is 13.8 Å². The summed E-state index contributed by atoms with van der Waals surface area (Å²) in [5.74, 6) is 3.12. The first-order chi connectivity index (χ1) is 9.45. The zero-order valence-electron chi connectivity index (χ0n) is 13.4. The molecule has 0 bridgehead atoms. The smallest absolute Gasteiger partial charge is 0.137 e. The first kappa shape index (κ1) is 15.0. The van der Waals surface area contributed by atoms with Crippen LogP contribution in [0.2, 0.25) is 0 Å². The number of aromatic nitrogens is 2. The SMILES string of the molecule is CNc1nc(C(C)C)nc(N(C)C2CCOC2C)c1C. The topological polar surface area (TPSA) is 50.3 Å². The molecular weight excluding hydrogens is 252 g/mol. The number of nitrogens with zero attached hydrogens (tertiary/aromatic N) is 3. The van der Waals surface area contributed by atoms with Crippen molar-refractivity contribution in [2.45, 2.75) is 52.2 Å². The van der Waals surface area contributed by atoms with E-state index >= 15 is 0 Å². The Morgan fingerprint density at radius 3 is 2.55 bits per heavy atom. The van der Waals surface area contributed by atoms with E-state index in [4.69, 9.17) is 9.72 Å². The average Bonchev–Trinajstić information content (AvgIpc) is 2.84. The minimum Gasteiger partial charge on any atom is -0.376 e. The summed E-state index contributed by atoms with van der Waals surface area (Å²) in [6, 6.07) is 0.383. The number of ether oxygens (including phenoxy) is 1. The van der Waals surface area contributed by atoms with Gasteiger partial charge in [0.15, 0.2) is 0 Å². The van der Waals surface area contributed by atoms with Crippen molar-refractivity contribution in [1.29, 1.82) is 0 Å². The Balaban J connectivity index is 2.41. The number of rotatable bonds is 4. The van der Waals surface area contributed by atoms with Crippen molar-refractivity contribution in [2.24, 2.45) is 0 Å². The summed E-state index contributed by atoms with van der Waals surface area (Å²) in [4.78, 5) is 11.6. The molecule has 5 heteroatoms. The van der Waals surface area contributed by atoms with Gasteiger partial charge in [0.05, 0.1) is 12.1 Å². The molecule has 2 unspecified atom stereocenters. The van der Waals surface area contributed by atoms with Crippen LogP contribution in [0.15, 0.2) is 0 Å². The van der Waals surface area contributed by atoms with Crippen LogP contribution in [0.3, 0.4) is 0 Å². The van der Waals surface area contributed by atoms with Crippen molar-refractivity contribution in [3.63, 3.8) is 0 Å². The maximum atomic E-state index is 5.68. The molecule has 1 N–H and O–H groups in total. The summed E-state index contributed by atoms with van der Waals surface area (Å²) in [6.45, 7) is 9.27.